The van der Waals surface area contributed by atoms with Crippen LogP contribution in [0.15, 0.2) is 0 Å². The molecule has 0 amide bonds. The molecule has 2 aliphatic rings. The van der Waals surface area contributed by atoms with E-state index in [1.165, 1.54) is 38.8 Å². The van der Waals surface area contributed by atoms with Crippen LogP contribution >= 0.6 is 0 Å². The largest absolute Gasteiger partial charge is 0.363 e. The van der Waals surface area contributed by atoms with E-state index in [9.17, 15) is 0 Å². The van der Waals surface area contributed by atoms with Crippen LogP contribution in [0, 0.1) is 0 Å². The number of likely N-dealkylation sites (tertiary alicyclic amines) is 1. The third kappa shape index (κ3) is 1.18. The Labute approximate surface area is 62.2 Å². The highest BCUT2D eigenvalue weighted by Gasteiger charge is 2.26. The normalized spacial score (nSPS) is 35.4. The Hall–Kier alpha value is -0.0800. The summed E-state index contributed by atoms with van der Waals surface area (Å²) in [4.78, 5) is 2.48. The van der Waals surface area contributed by atoms with E-state index in [4.69, 9.17) is 4.74 Å². The van der Waals surface area contributed by atoms with Crippen LogP contribution < -0.4 is 0 Å². The van der Waals surface area contributed by atoms with Gasteiger partial charge in [-0.25, -0.2) is 0 Å². The maximum Gasteiger partial charge on any atom is 0.112 e. The Balaban J connectivity index is 1.78. The number of hydrogen-bond acceptors (Lipinski definition) is 2. The minimum Gasteiger partial charge on any atom is -0.363 e. The quantitative estimate of drug-likeness (QED) is 0.544. The van der Waals surface area contributed by atoms with Crippen molar-refractivity contribution in [3.63, 3.8) is 0 Å². The summed E-state index contributed by atoms with van der Waals surface area (Å²) in [5, 5.41) is 0. The Morgan fingerprint density at radius 1 is 1.10 bits per heavy atom. The van der Waals surface area contributed by atoms with Crippen LogP contribution in [-0.2, 0) is 4.74 Å². The molecule has 10 heavy (non-hydrogen) atoms. The molecular weight excluding hydrogens is 126 g/mol. The molecular formula is C8H15NO. The highest BCUT2D eigenvalue weighted by Crippen LogP contribution is 2.20. The lowest BCUT2D eigenvalue weighted by Gasteiger charge is -2.39. The molecule has 0 bridgehead atoms. The van der Waals surface area contributed by atoms with E-state index in [0.29, 0.717) is 6.23 Å². The van der Waals surface area contributed by atoms with Crippen molar-refractivity contribution >= 4 is 0 Å². The van der Waals surface area contributed by atoms with Crippen molar-refractivity contribution in [3.8, 4) is 0 Å². The highest BCUT2D eigenvalue weighted by molar-refractivity contribution is 4.72. The summed E-state index contributed by atoms with van der Waals surface area (Å²) in [6.07, 6.45) is 5.93. The molecule has 1 atom stereocenters. The van der Waals surface area contributed by atoms with Gasteiger partial charge >= 0.3 is 0 Å². The van der Waals surface area contributed by atoms with Crippen molar-refractivity contribution in [1.82, 2.24) is 4.90 Å². The lowest BCUT2D eigenvalue weighted by molar-refractivity contribution is -0.148. The van der Waals surface area contributed by atoms with Crippen LogP contribution in [0.2, 0.25) is 0 Å². The van der Waals surface area contributed by atoms with Gasteiger partial charge in [-0.2, -0.15) is 0 Å². The number of rotatable bonds is 1. The van der Waals surface area contributed by atoms with Gasteiger partial charge in [0.1, 0.15) is 6.23 Å². The van der Waals surface area contributed by atoms with E-state index >= 15 is 0 Å². The standard InChI is InChI=1S/C8H15NO/c1-2-5-9(6-3-1)8-4-7-10-8/h8H,1-7H2. The first-order chi connectivity index (χ1) is 4.97. The van der Waals surface area contributed by atoms with Gasteiger partial charge in [0.2, 0.25) is 0 Å². The number of hydrogen-bond donors (Lipinski definition) is 0. The molecule has 0 aromatic rings. The maximum atomic E-state index is 5.40. The van der Waals surface area contributed by atoms with Gasteiger partial charge in [-0.15, -0.1) is 0 Å². The second kappa shape index (κ2) is 2.89. The van der Waals surface area contributed by atoms with E-state index in [1.807, 2.05) is 0 Å². The molecule has 0 aliphatic carbocycles. The second-order valence-corrected chi connectivity index (χ2v) is 3.21. The minimum absolute atomic E-state index is 0.500. The molecule has 0 radical (unpaired) electrons. The predicted octanol–water partition coefficient (Wildman–Crippen LogP) is 1.22. The molecule has 2 heteroatoms. The molecule has 0 saturated carbocycles. The van der Waals surface area contributed by atoms with E-state index < -0.39 is 0 Å². The molecule has 2 rings (SSSR count). The van der Waals surface area contributed by atoms with Gasteiger partial charge in [-0.05, 0) is 12.8 Å². The Morgan fingerprint density at radius 2 is 1.80 bits per heavy atom. The molecule has 0 aromatic carbocycles. The lowest BCUT2D eigenvalue weighted by atomic mass is 10.1. The van der Waals surface area contributed by atoms with Crippen molar-refractivity contribution in [3.05, 3.63) is 0 Å². The van der Waals surface area contributed by atoms with Crippen LogP contribution in [0.5, 0.6) is 0 Å². The van der Waals surface area contributed by atoms with Crippen molar-refractivity contribution < 1.29 is 4.74 Å². The second-order valence-electron chi connectivity index (χ2n) is 3.21. The van der Waals surface area contributed by atoms with E-state index in [-0.39, 0.29) is 0 Å². The fourth-order valence-corrected chi connectivity index (χ4v) is 1.72. The van der Waals surface area contributed by atoms with Gasteiger partial charge in [0.05, 0.1) is 6.61 Å². The molecule has 1 unspecified atom stereocenters. The predicted molar refractivity (Wildman–Crippen MR) is 39.8 cm³/mol. The number of nitrogens with zero attached hydrogens (tertiary/aromatic N) is 1. The molecule has 58 valence electrons. The van der Waals surface area contributed by atoms with Crippen molar-refractivity contribution in [2.75, 3.05) is 19.7 Å². The molecule has 0 spiro atoms. The summed E-state index contributed by atoms with van der Waals surface area (Å²) >= 11 is 0. The molecule has 2 aliphatic heterocycles. The molecule has 2 heterocycles. The van der Waals surface area contributed by atoms with Gasteiger partial charge in [0.15, 0.2) is 0 Å². The summed E-state index contributed by atoms with van der Waals surface area (Å²) in [7, 11) is 0. The summed E-state index contributed by atoms with van der Waals surface area (Å²) in [6.45, 7) is 3.52. The van der Waals surface area contributed by atoms with E-state index in [1.54, 1.807) is 0 Å². The fourth-order valence-electron chi connectivity index (χ4n) is 1.72. The Bertz CT molecular complexity index is 106. The van der Waals surface area contributed by atoms with Gasteiger partial charge in [0, 0.05) is 19.5 Å². The van der Waals surface area contributed by atoms with Crippen molar-refractivity contribution in [2.24, 2.45) is 0 Å². The van der Waals surface area contributed by atoms with Gasteiger partial charge in [-0.1, -0.05) is 6.42 Å². The van der Waals surface area contributed by atoms with E-state index in [0.717, 1.165) is 6.61 Å². The minimum atomic E-state index is 0.500. The molecule has 2 nitrogen and oxygen atoms in total. The summed E-state index contributed by atoms with van der Waals surface area (Å²) in [6, 6.07) is 0. The maximum absolute atomic E-state index is 5.40. The zero-order valence-electron chi connectivity index (χ0n) is 6.38. The molecule has 0 aromatic heterocycles. The van der Waals surface area contributed by atoms with Gasteiger partial charge < -0.3 is 4.74 Å². The lowest BCUT2D eigenvalue weighted by Crippen LogP contribution is -2.46. The highest BCUT2D eigenvalue weighted by atomic mass is 16.5. The SMILES string of the molecule is C1CCN(C2CCO2)CC1. The Kier molecular flexibility index (Phi) is 1.91. The third-order valence-electron chi connectivity index (χ3n) is 2.47. The van der Waals surface area contributed by atoms with Crippen molar-refractivity contribution in [2.45, 2.75) is 31.9 Å². The smallest absolute Gasteiger partial charge is 0.112 e. The third-order valence-corrected chi connectivity index (χ3v) is 2.47. The number of piperidine rings is 1. The van der Waals surface area contributed by atoms with Crippen LogP contribution in [0.4, 0.5) is 0 Å². The van der Waals surface area contributed by atoms with Crippen LogP contribution in [0.25, 0.3) is 0 Å². The average Bonchev–Trinajstić information content (AvgIpc) is 1.86. The van der Waals surface area contributed by atoms with Crippen LogP contribution in [0.3, 0.4) is 0 Å². The van der Waals surface area contributed by atoms with Crippen LogP contribution in [0.1, 0.15) is 25.7 Å². The fraction of sp³-hybridized carbons (Fsp3) is 1.00. The van der Waals surface area contributed by atoms with E-state index in [2.05, 4.69) is 4.90 Å². The first kappa shape index (κ1) is 6.62. The molecule has 2 fully saturated rings. The van der Waals surface area contributed by atoms with Crippen LogP contribution in [-0.4, -0.2) is 30.8 Å². The first-order valence-corrected chi connectivity index (χ1v) is 4.32. The number of ether oxygens (including phenoxy) is 1. The molecule has 0 N–H and O–H groups in total. The summed E-state index contributed by atoms with van der Waals surface area (Å²) < 4.78 is 5.40. The van der Waals surface area contributed by atoms with Gasteiger partial charge in [-0.3, -0.25) is 4.90 Å². The average molecular weight is 141 g/mol. The zero-order chi connectivity index (χ0) is 6.81. The van der Waals surface area contributed by atoms with Crippen molar-refractivity contribution in [1.29, 1.82) is 0 Å². The van der Waals surface area contributed by atoms with Gasteiger partial charge in [0.25, 0.3) is 0 Å². The topological polar surface area (TPSA) is 12.5 Å². The Morgan fingerprint density at radius 3 is 2.30 bits per heavy atom. The summed E-state index contributed by atoms with van der Waals surface area (Å²) in [5.74, 6) is 0. The first-order valence-electron chi connectivity index (χ1n) is 4.32. The molecule has 2 saturated heterocycles. The monoisotopic (exact) mass is 141 g/mol. The zero-order valence-corrected chi connectivity index (χ0v) is 6.38. The summed E-state index contributed by atoms with van der Waals surface area (Å²) in [5.41, 5.74) is 0.